The third-order valence-corrected chi connectivity index (χ3v) is 3.37. The predicted octanol–water partition coefficient (Wildman–Crippen LogP) is 1.03. The third kappa shape index (κ3) is 3.54. The Hall–Kier alpha value is -1.40. The second-order valence-corrected chi connectivity index (χ2v) is 4.89. The summed E-state index contributed by atoms with van der Waals surface area (Å²) in [5, 5.41) is 12.8. The maximum Gasteiger partial charge on any atom is 0.145 e. The highest BCUT2D eigenvalue weighted by molar-refractivity contribution is 5.46. The average Bonchev–Trinajstić information content (AvgIpc) is 2.37. The highest BCUT2D eigenvalue weighted by atomic mass is 16.3. The van der Waals surface area contributed by atoms with E-state index in [2.05, 4.69) is 20.7 Å². The molecule has 1 aromatic heterocycles. The molecule has 6 nitrogen and oxygen atoms in total. The fraction of sp³-hybridized carbons (Fsp3) is 0.667. The molecule has 1 aliphatic carbocycles. The zero-order chi connectivity index (χ0) is 13.0. The summed E-state index contributed by atoms with van der Waals surface area (Å²) in [6.07, 6.45) is 3.85. The number of aliphatic hydroxyl groups is 1. The van der Waals surface area contributed by atoms with Crippen LogP contribution in [0, 0.1) is 12.8 Å². The zero-order valence-electron chi connectivity index (χ0n) is 10.7. The number of hydrogen-bond acceptors (Lipinski definition) is 6. The molecule has 0 amide bonds. The van der Waals surface area contributed by atoms with Gasteiger partial charge < -0.3 is 15.8 Å². The molecule has 5 N–H and O–H groups in total. The van der Waals surface area contributed by atoms with Crippen LogP contribution in [-0.2, 0) is 0 Å². The molecule has 0 radical (unpaired) electrons. The molecule has 0 unspecified atom stereocenters. The molecule has 0 spiro atoms. The predicted molar refractivity (Wildman–Crippen MR) is 71.0 cm³/mol. The molecule has 18 heavy (non-hydrogen) atoms. The van der Waals surface area contributed by atoms with Crippen LogP contribution in [-0.4, -0.2) is 27.7 Å². The van der Waals surface area contributed by atoms with Crippen molar-refractivity contribution in [1.82, 2.24) is 9.97 Å². The summed E-state index contributed by atoms with van der Waals surface area (Å²) in [7, 11) is 0. The van der Waals surface area contributed by atoms with Crippen LogP contribution in [0.5, 0.6) is 0 Å². The smallest absolute Gasteiger partial charge is 0.145 e. The van der Waals surface area contributed by atoms with E-state index in [1.54, 1.807) is 6.07 Å². The maximum atomic E-state index is 9.45. The van der Waals surface area contributed by atoms with Crippen LogP contribution in [0.4, 0.5) is 11.6 Å². The van der Waals surface area contributed by atoms with Crippen molar-refractivity contribution in [1.29, 1.82) is 0 Å². The highest BCUT2D eigenvalue weighted by Crippen LogP contribution is 2.24. The minimum atomic E-state index is -0.101. The average molecular weight is 251 g/mol. The van der Waals surface area contributed by atoms with E-state index in [4.69, 9.17) is 5.84 Å². The van der Waals surface area contributed by atoms with Gasteiger partial charge in [-0.25, -0.2) is 15.8 Å². The van der Waals surface area contributed by atoms with Crippen molar-refractivity contribution in [3.8, 4) is 0 Å². The van der Waals surface area contributed by atoms with Gasteiger partial charge in [0.2, 0.25) is 0 Å². The van der Waals surface area contributed by atoms with Gasteiger partial charge in [-0.3, -0.25) is 0 Å². The largest absolute Gasteiger partial charge is 0.393 e. The first-order chi connectivity index (χ1) is 8.67. The van der Waals surface area contributed by atoms with E-state index in [0.717, 1.165) is 38.0 Å². The number of aromatic nitrogens is 2. The molecule has 2 rings (SSSR count). The topological polar surface area (TPSA) is 96.1 Å². The van der Waals surface area contributed by atoms with Gasteiger partial charge in [-0.2, -0.15) is 0 Å². The summed E-state index contributed by atoms with van der Waals surface area (Å²) in [6.45, 7) is 2.72. The van der Waals surface area contributed by atoms with Gasteiger partial charge in [0.15, 0.2) is 0 Å². The van der Waals surface area contributed by atoms with Crippen molar-refractivity contribution in [2.45, 2.75) is 38.7 Å². The third-order valence-electron chi connectivity index (χ3n) is 3.37. The molecule has 0 atom stereocenters. The first-order valence-electron chi connectivity index (χ1n) is 6.41. The van der Waals surface area contributed by atoms with Gasteiger partial charge in [0.25, 0.3) is 0 Å². The van der Waals surface area contributed by atoms with Crippen molar-refractivity contribution in [2.75, 3.05) is 17.3 Å². The van der Waals surface area contributed by atoms with Crippen molar-refractivity contribution >= 4 is 11.6 Å². The number of anilines is 2. The van der Waals surface area contributed by atoms with Crippen LogP contribution in [0.3, 0.4) is 0 Å². The number of aryl methyl sites for hydroxylation is 1. The Morgan fingerprint density at radius 3 is 2.61 bits per heavy atom. The summed E-state index contributed by atoms with van der Waals surface area (Å²) in [5.41, 5.74) is 2.53. The molecule has 0 aromatic carbocycles. The molecule has 1 aliphatic rings. The second-order valence-electron chi connectivity index (χ2n) is 4.89. The molecule has 0 bridgehead atoms. The first kappa shape index (κ1) is 13.0. The number of hydrogen-bond donors (Lipinski definition) is 4. The Morgan fingerprint density at radius 1 is 1.28 bits per heavy atom. The Balaban J connectivity index is 1.88. The SMILES string of the molecule is Cc1nc(NN)cc(NCC2CCC(O)CC2)n1. The minimum Gasteiger partial charge on any atom is -0.393 e. The van der Waals surface area contributed by atoms with Gasteiger partial charge in [-0.05, 0) is 38.5 Å². The highest BCUT2D eigenvalue weighted by Gasteiger charge is 2.19. The lowest BCUT2D eigenvalue weighted by Gasteiger charge is -2.25. The van der Waals surface area contributed by atoms with Gasteiger partial charge in [0, 0.05) is 12.6 Å². The Labute approximate surface area is 107 Å². The second kappa shape index (κ2) is 5.97. The van der Waals surface area contributed by atoms with E-state index < -0.39 is 0 Å². The van der Waals surface area contributed by atoms with Crippen molar-refractivity contribution in [3.05, 3.63) is 11.9 Å². The number of aliphatic hydroxyl groups excluding tert-OH is 1. The number of rotatable bonds is 4. The number of nitrogens with one attached hydrogen (secondary N) is 2. The van der Waals surface area contributed by atoms with Crippen LogP contribution in [0.2, 0.25) is 0 Å². The molecular formula is C12H21N5O. The lowest BCUT2D eigenvalue weighted by molar-refractivity contribution is 0.111. The molecule has 0 aliphatic heterocycles. The summed E-state index contributed by atoms with van der Waals surface area (Å²) < 4.78 is 0. The molecule has 0 saturated heterocycles. The first-order valence-corrected chi connectivity index (χ1v) is 6.41. The molecule has 1 saturated carbocycles. The monoisotopic (exact) mass is 251 g/mol. The Kier molecular flexibility index (Phi) is 4.33. The molecule has 100 valence electrons. The zero-order valence-corrected chi connectivity index (χ0v) is 10.7. The van der Waals surface area contributed by atoms with Crippen molar-refractivity contribution in [3.63, 3.8) is 0 Å². The lowest BCUT2D eigenvalue weighted by Crippen LogP contribution is -2.24. The van der Waals surface area contributed by atoms with Gasteiger partial charge in [-0.1, -0.05) is 0 Å². The number of hydrazine groups is 1. The number of nitrogens with two attached hydrogens (primary N) is 1. The van der Waals surface area contributed by atoms with Gasteiger partial charge in [0.05, 0.1) is 6.10 Å². The summed E-state index contributed by atoms with van der Waals surface area (Å²) in [6, 6.07) is 1.80. The lowest BCUT2D eigenvalue weighted by atomic mass is 9.87. The Morgan fingerprint density at radius 2 is 1.94 bits per heavy atom. The number of nitrogen functional groups attached to an aromatic ring is 1. The van der Waals surface area contributed by atoms with Gasteiger partial charge in [-0.15, -0.1) is 0 Å². The molecule has 1 aromatic rings. The fourth-order valence-electron chi connectivity index (χ4n) is 2.33. The maximum absolute atomic E-state index is 9.45. The summed E-state index contributed by atoms with van der Waals surface area (Å²) >= 11 is 0. The normalized spacial score (nSPS) is 23.7. The van der Waals surface area contributed by atoms with Crippen molar-refractivity contribution < 1.29 is 5.11 Å². The van der Waals surface area contributed by atoms with Crippen LogP contribution in [0.15, 0.2) is 6.07 Å². The van der Waals surface area contributed by atoms with E-state index in [0.29, 0.717) is 17.6 Å². The Bertz CT molecular complexity index is 390. The molecule has 1 heterocycles. The van der Waals surface area contributed by atoms with Gasteiger partial charge >= 0.3 is 0 Å². The van der Waals surface area contributed by atoms with E-state index in [-0.39, 0.29) is 6.10 Å². The van der Waals surface area contributed by atoms with Crippen molar-refractivity contribution in [2.24, 2.45) is 11.8 Å². The van der Waals surface area contributed by atoms with Gasteiger partial charge in [0.1, 0.15) is 17.5 Å². The van der Waals surface area contributed by atoms with Crippen LogP contribution >= 0.6 is 0 Å². The molecule has 6 heteroatoms. The fourth-order valence-corrected chi connectivity index (χ4v) is 2.33. The summed E-state index contributed by atoms with van der Waals surface area (Å²) in [4.78, 5) is 8.45. The standard InChI is InChI=1S/C12H21N5O/c1-8-15-11(6-12(16-8)17-13)14-7-9-2-4-10(18)5-3-9/h6,9-10,18H,2-5,7,13H2,1H3,(H2,14,15,16,17). The van der Waals surface area contributed by atoms with E-state index in [1.165, 1.54) is 0 Å². The van der Waals surface area contributed by atoms with Crippen LogP contribution in [0.25, 0.3) is 0 Å². The quantitative estimate of drug-likeness (QED) is 0.471. The van der Waals surface area contributed by atoms with Crippen LogP contribution in [0.1, 0.15) is 31.5 Å². The van der Waals surface area contributed by atoms with E-state index in [1.807, 2.05) is 6.92 Å². The van der Waals surface area contributed by atoms with Crippen LogP contribution < -0.4 is 16.6 Å². The minimum absolute atomic E-state index is 0.101. The molecule has 1 fully saturated rings. The summed E-state index contributed by atoms with van der Waals surface area (Å²) in [5.74, 6) is 8.05. The number of nitrogens with zero attached hydrogens (tertiary/aromatic N) is 2. The van der Waals surface area contributed by atoms with E-state index in [9.17, 15) is 5.11 Å². The molecular weight excluding hydrogens is 230 g/mol. The van der Waals surface area contributed by atoms with E-state index >= 15 is 0 Å².